The molecule has 0 bridgehead atoms. The average Bonchev–Trinajstić information content (AvgIpc) is 2.26. The minimum atomic E-state index is -4.36. The zero-order valence-corrected chi connectivity index (χ0v) is 10.2. The fourth-order valence-corrected chi connectivity index (χ4v) is 2.41. The lowest BCUT2D eigenvalue weighted by molar-refractivity contribution is -0.137. The number of aliphatic hydroxyl groups is 1. The molecule has 1 aromatic rings. The number of hydrogen-bond acceptors (Lipinski definition) is 2. The summed E-state index contributed by atoms with van der Waals surface area (Å²) in [6.07, 6.45) is -3.04. The molecule has 2 rings (SSSR count). The van der Waals surface area contributed by atoms with E-state index in [0.717, 1.165) is 6.07 Å². The Kier molecular flexibility index (Phi) is 3.27. The first-order valence-corrected chi connectivity index (χ1v) is 5.93. The maximum Gasteiger partial charge on any atom is 0.418 e. The maximum absolute atomic E-state index is 12.9. The summed E-state index contributed by atoms with van der Waals surface area (Å²) in [5.74, 6) is 0. The first-order valence-electron chi connectivity index (χ1n) is 5.93. The summed E-state index contributed by atoms with van der Waals surface area (Å²) < 4.78 is 38.7. The van der Waals surface area contributed by atoms with Crippen molar-refractivity contribution in [3.05, 3.63) is 29.8 Å². The van der Waals surface area contributed by atoms with Gasteiger partial charge in [-0.2, -0.15) is 13.2 Å². The summed E-state index contributed by atoms with van der Waals surface area (Å²) in [6, 6.07) is 5.52. The zero-order chi connectivity index (χ0) is 13.4. The molecule has 2 nitrogen and oxygen atoms in total. The van der Waals surface area contributed by atoms with E-state index < -0.39 is 17.3 Å². The number of β-amino-alcohol motifs (C(OH)–C–C–N with tert-alkyl or cyclic N) is 1. The summed E-state index contributed by atoms with van der Waals surface area (Å²) >= 11 is 0. The highest BCUT2D eigenvalue weighted by Gasteiger charge is 2.37. The Balaban J connectivity index is 2.33. The van der Waals surface area contributed by atoms with Crippen LogP contribution in [0.15, 0.2) is 24.3 Å². The van der Waals surface area contributed by atoms with Gasteiger partial charge in [0.25, 0.3) is 0 Å². The molecule has 1 aliphatic heterocycles. The molecule has 0 aromatic heterocycles. The molecule has 0 aliphatic carbocycles. The molecule has 1 fully saturated rings. The third-order valence-corrected chi connectivity index (χ3v) is 3.23. The van der Waals surface area contributed by atoms with E-state index in [4.69, 9.17) is 0 Å². The van der Waals surface area contributed by atoms with Crippen LogP contribution < -0.4 is 4.90 Å². The van der Waals surface area contributed by atoms with Crippen LogP contribution in [0.4, 0.5) is 18.9 Å². The van der Waals surface area contributed by atoms with Crippen LogP contribution in [0, 0.1) is 0 Å². The van der Waals surface area contributed by atoms with Crippen molar-refractivity contribution in [2.75, 3.05) is 18.0 Å². The number of benzene rings is 1. The monoisotopic (exact) mass is 259 g/mol. The van der Waals surface area contributed by atoms with Crippen molar-refractivity contribution in [3.63, 3.8) is 0 Å². The van der Waals surface area contributed by atoms with Crippen molar-refractivity contribution >= 4 is 5.69 Å². The lowest BCUT2D eigenvalue weighted by atomic mass is 9.94. The summed E-state index contributed by atoms with van der Waals surface area (Å²) in [7, 11) is 0. The van der Waals surface area contributed by atoms with E-state index in [-0.39, 0.29) is 12.2 Å². The van der Waals surface area contributed by atoms with Crippen LogP contribution in [0.1, 0.15) is 25.3 Å². The maximum atomic E-state index is 12.9. The molecule has 1 unspecified atom stereocenters. The van der Waals surface area contributed by atoms with Crippen molar-refractivity contribution < 1.29 is 18.3 Å². The Morgan fingerprint density at radius 2 is 1.94 bits per heavy atom. The first kappa shape index (κ1) is 13.2. The smallest absolute Gasteiger partial charge is 0.388 e. The Morgan fingerprint density at radius 3 is 2.56 bits per heavy atom. The molecule has 1 aliphatic rings. The molecule has 0 saturated carbocycles. The summed E-state index contributed by atoms with van der Waals surface area (Å²) in [5, 5.41) is 9.98. The van der Waals surface area contributed by atoms with Crippen LogP contribution in [0.25, 0.3) is 0 Å². The molecule has 5 heteroatoms. The molecule has 0 spiro atoms. The predicted molar refractivity (Wildman–Crippen MR) is 63.5 cm³/mol. The quantitative estimate of drug-likeness (QED) is 0.838. The summed E-state index contributed by atoms with van der Waals surface area (Å²) in [4.78, 5) is 1.62. The third kappa shape index (κ3) is 2.77. The lowest BCUT2D eigenvalue weighted by Gasteiger charge is -2.39. The van der Waals surface area contributed by atoms with E-state index >= 15 is 0 Å². The molecule has 0 amide bonds. The fraction of sp³-hybridized carbons (Fsp3) is 0.538. The van der Waals surface area contributed by atoms with E-state index in [0.29, 0.717) is 19.4 Å². The second kappa shape index (κ2) is 4.46. The largest absolute Gasteiger partial charge is 0.418 e. The van der Waals surface area contributed by atoms with Gasteiger partial charge in [0.15, 0.2) is 0 Å². The van der Waals surface area contributed by atoms with Gasteiger partial charge in [0.1, 0.15) is 0 Å². The average molecular weight is 259 g/mol. The highest BCUT2D eigenvalue weighted by molar-refractivity contribution is 5.55. The summed E-state index contributed by atoms with van der Waals surface area (Å²) in [6.45, 7) is 2.44. The van der Waals surface area contributed by atoms with Gasteiger partial charge in [0.05, 0.1) is 11.2 Å². The molecule has 18 heavy (non-hydrogen) atoms. The van der Waals surface area contributed by atoms with Crippen molar-refractivity contribution in [1.82, 2.24) is 0 Å². The number of nitrogens with zero attached hydrogens (tertiary/aromatic N) is 1. The van der Waals surface area contributed by atoms with Crippen molar-refractivity contribution in [2.24, 2.45) is 0 Å². The molecule has 1 atom stereocenters. The molecule has 100 valence electrons. The van der Waals surface area contributed by atoms with Gasteiger partial charge >= 0.3 is 6.18 Å². The number of anilines is 1. The Bertz CT molecular complexity index is 428. The number of hydrogen-bond donors (Lipinski definition) is 1. The van der Waals surface area contributed by atoms with Crippen LogP contribution in [0.2, 0.25) is 0 Å². The van der Waals surface area contributed by atoms with Crippen molar-refractivity contribution in [3.8, 4) is 0 Å². The van der Waals surface area contributed by atoms with Gasteiger partial charge in [-0.3, -0.25) is 0 Å². The molecule has 1 heterocycles. The van der Waals surface area contributed by atoms with Crippen LogP contribution in [0.5, 0.6) is 0 Å². The van der Waals surface area contributed by atoms with E-state index in [9.17, 15) is 18.3 Å². The van der Waals surface area contributed by atoms with E-state index in [1.54, 1.807) is 17.9 Å². The minimum absolute atomic E-state index is 0.157. The van der Waals surface area contributed by atoms with Gasteiger partial charge in [-0.25, -0.2) is 0 Å². The number of halogens is 3. The lowest BCUT2D eigenvalue weighted by Crippen LogP contribution is -2.46. The standard InChI is InChI=1S/C13H16F3NO/c1-12(18)7-4-8-17(9-12)11-6-3-2-5-10(11)13(14,15)16/h2-3,5-6,18H,4,7-9H2,1H3. The number of rotatable bonds is 1. The Labute approximate surface area is 104 Å². The van der Waals surface area contributed by atoms with Gasteiger partial charge < -0.3 is 10.0 Å². The second-order valence-corrected chi connectivity index (χ2v) is 5.04. The molecule has 1 N–H and O–H groups in total. The Morgan fingerprint density at radius 1 is 1.28 bits per heavy atom. The molecular weight excluding hydrogens is 243 g/mol. The third-order valence-electron chi connectivity index (χ3n) is 3.23. The Hall–Kier alpha value is -1.23. The zero-order valence-electron chi connectivity index (χ0n) is 10.2. The van der Waals surface area contributed by atoms with Crippen LogP contribution in [-0.4, -0.2) is 23.8 Å². The topological polar surface area (TPSA) is 23.5 Å². The highest BCUT2D eigenvalue weighted by atomic mass is 19.4. The first-order chi connectivity index (χ1) is 8.30. The SMILES string of the molecule is CC1(O)CCCN(c2ccccc2C(F)(F)F)C1. The fourth-order valence-electron chi connectivity index (χ4n) is 2.41. The summed E-state index contributed by atoms with van der Waals surface area (Å²) in [5.41, 5.74) is -1.40. The van der Waals surface area contributed by atoms with E-state index in [1.165, 1.54) is 12.1 Å². The predicted octanol–water partition coefficient (Wildman–Crippen LogP) is 3.06. The van der Waals surface area contributed by atoms with Gasteiger partial charge in [-0.1, -0.05) is 12.1 Å². The van der Waals surface area contributed by atoms with Gasteiger partial charge in [-0.15, -0.1) is 0 Å². The van der Waals surface area contributed by atoms with E-state index in [2.05, 4.69) is 0 Å². The highest BCUT2D eigenvalue weighted by Crippen LogP contribution is 2.38. The van der Waals surface area contributed by atoms with Crippen LogP contribution >= 0.6 is 0 Å². The molecule has 0 radical (unpaired) electrons. The van der Waals surface area contributed by atoms with Gasteiger partial charge in [-0.05, 0) is 31.9 Å². The van der Waals surface area contributed by atoms with Crippen LogP contribution in [0.3, 0.4) is 0 Å². The van der Waals surface area contributed by atoms with E-state index in [1.807, 2.05) is 0 Å². The molecular formula is C13H16F3NO. The minimum Gasteiger partial charge on any atom is -0.388 e. The normalized spacial score (nSPS) is 25.3. The molecule has 1 saturated heterocycles. The van der Waals surface area contributed by atoms with Gasteiger partial charge in [0, 0.05) is 18.8 Å². The number of piperidine rings is 1. The van der Waals surface area contributed by atoms with Crippen molar-refractivity contribution in [1.29, 1.82) is 0 Å². The second-order valence-electron chi connectivity index (χ2n) is 5.04. The van der Waals surface area contributed by atoms with Crippen LogP contribution in [-0.2, 0) is 6.18 Å². The molecule has 1 aromatic carbocycles. The number of para-hydroxylation sites is 1. The number of alkyl halides is 3. The van der Waals surface area contributed by atoms with Crippen molar-refractivity contribution in [2.45, 2.75) is 31.5 Å². The van der Waals surface area contributed by atoms with Gasteiger partial charge in [0.2, 0.25) is 0 Å².